The molecule has 27 heavy (non-hydrogen) atoms. The van der Waals surface area contributed by atoms with Crippen LogP contribution in [-0.4, -0.2) is 15.5 Å². The normalized spacial score (nSPS) is 11.0. The van der Waals surface area contributed by atoms with Crippen LogP contribution in [0.1, 0.15) is 11.3 Å². The zero-order valence-corrected chi connectivity index (χ0v) is 14.9. The van der Waals surface area contributed by atoms with Crippen LogP contribution in [0, 0.1) is 0 Å². The van der Waals surface area contributed by atoms with Crippen molar-refractivity contribution in [2.75, 3.05) is 0 Å². The van der Waals surface area contributed by atoms with E-state index in [1.54, 1.807) is 54.1 Å². The molecule has 0 spiro atoms. The lowest BCUT2D eigenvalue weighted by Crippen LogP contribution is -2.33. The topological polar surface area (TPSA) is 97.1 Å². The SMILES string of the molecule is O=C(Cc1ccc(-n2c(=O)[nH]c3ccsc3c2=O)cc1)NCc1ccco1. The minimum Gasteiger partial charge on any atom is -0.467 e. The number of aromatic nitrogens is 2. The lowest BCUT2D eigenvalue weighted by molar-refractivity contribution is -0.120. The van der Waals surface area contributed by atoms with Crippen molar-refractivity contribution in [3.8, 4) is 5.69 Å². The molecule has 4 rings (SSSR count). The van der Waals surface area contributed by atoms with Crippen molar-refractivity contribution in [1.82, 2.24) is 14.9 Å². The van der Waals surface area contributed by atoms with Crippen molar-refractivity contribution < 1.29 is 9.21 Å². The van der Waals surface area contributed by atoms with Crippen LogP contribution in [0.15, 0.2) is 68.1 Å². The zero-order chi connectivity index (χ0) is 18.8. The van der Waals surface area contributed by atoms with Crippen LogP contribution in [0.4, 0.5) is 0 Å². The highest BCUT2D eigenvalue weighted by Crippen LogP contribution is 2.14. The summed E-state index contributed by atoms with van der Waals surface area (Å²) in [5, 5.41) is 4.53. The Bertz CT molecular complexity index is 1200. The van der Waals surface area contributed by atoms with Gasteiger partial charge in [0, 0.05) is 0 Å². The quantitative estimate of drug-likeness (QED) is 0.554. The fourth-order valence-electron chi connectivity index (χ4n) is 2.78. The molecule has 0 aliphatic rings. The van der Waals surface area contributed by atoms with Gasteiger partial charge in [-0.3, -0.25) is 9.59 Å². The Morgan fingerprint density at radius 1 is 1.15 bits per heavy atom. The monoisotopic (exact) mass is 381 g/mol. The molecule has 1 aromatic carbocycles. The molecule has 0 aliphatic carbocycles. The molecule has 1 amide bonds. The van der Waals surface area contributed by atoms with Crippen molar-refractivity contribution in [2.24, 2.45) is 0 Å². The minimum absolute atomic E-state index is 0.144. The number of nitrogens with one attached hydrogen (secondary N) is 2. The van der Waals surface area contributed by atoms with Crippen molar-refractivity contribution in [3.05, 3.63) is 86.3 Å². The number of nitrogens with zero attached hydrogens (tertiary/aromatic N) is 1. The van der Waals surface area contributed by atoms with E-state index in [0.717, 1.165) is 10.1 Å². The molecule has 0 radical (unpaired) electrons. The van der Waals surface area contributed by atoms with Gasteiger partial charge in [0.2, 0.25) is 5.91 Å². The number of carbonyl (C=O) groups is 1. The van der Waals surface area contributed by atoms with Gasteiger partial charge in [-0.05, 0) is 41.3 Å². The largest absolute Gasteiger partial charge is 0.467 e. The molecule has 2 N–H and O–H groups in total. The molecule has 0 aliphatic heterocycles. The van der Waals surface area contributed by atoms with E-state index < -0.39 is 5.69 Å². The Balaban J connectivity index is 1.52. The van der Waals surface area contributed by atoms with E-state index in [4.69, 9.17) is 4.42 Å². The highest BCUT2D eigenvalue weighted by Gasteiger charge is 2.11. The van der Waals surface area contributed by atoms with Gasteiger partial charge >= 0.3 is 5.69 Å². The summed E-state index contributed by atoms with van der Waals surface area (Å²) in [6.07, 6.45) is 1.74. The van der Waals surface area contributed by atoms with Crippen molar-refractivity contribution in [1.29, 1.82) is 0 Å². The van der Waals surface area contributed by atoms with Crippen LogP contribution in [0.2, 0.25) is 0 Å². The predicted octanol–water partition coefficient (Wildman–Crippen LogP) is 2.19. The molecule has 0 saturated carbocycles. The molecule has 3 heterocycles. The van der Waals surface area contributed by atoms with Crippen LogP contribution in [0.3, 0.4) is 0 Å². The number of H-pyrrole nitrogens is 1. The average Bonchev–Trinajstić information content (AvgIpc) is 3.33. The van der Waals surface area contributed by atoms with Crippen molar-refractivity contribution >= 4 is 27.5 Å². The summed E-state index contributed by atoms with van der Waals surface area (Å²) in [6.45, 7) is 0.329. The highest BCUT2D eigenvalue weighted by atomic mass is 32.1. The summed E-state index contributed by atoms with van der Waals surface area (Å²) < 4.78 is 6.76. The first-order valence-corrected chi connectivity index (χ1v) is 9.11. The molecule has 8 heteroatoms. The number of amides is 1. The second kappa shape index (κ2) is 7.08. The molecule has 136 valence electrons. The van der Waals surface area contributed by atoms with E-state index >= 15 is 0 Å². The molecule has 4 aromatic rings. The third kappa shape index (κ3) is 3.47. The first-order chi connectivity index (χ1) is 13.1. The predicted molar refractivity (Wildman–Crippen MR) is 102 cm³/mol. The standard InChI is InChI=1S/C19H15N3O4S/c23-16(20-11-14-2-1-8-26-14)10-12-3-5-13(6-4-12)22-18(24)17-15(7-9-27-17)21-19(22)25/h1-9H,10-11H2,(H,20,23)(H,21,25). The molecular weight excluding hydrogens is 366 g/mol. The van der Waals surface area contributed by atoms with Gasteiger partial charge in [0.05, 0.1) is 30.4 Å². The maximum Gasteiger partial charge on any atom is 0.333 e. The summed E-state index contributed by atoms with van der Waals surface area (Å²) in [7, 11) is 0. The molecule has 0 unspecified atom stereocenters. The number of aromatic amines is 1. The molecule has 7 nitrogen and oxygen atoms in total. The summed E-state index contributed by atoms with van der Waals surface area (Å²) in [6, 6.07) is 12.0. The third-order valence-corrected chi connectivity index (χ3v) is 5.01. The average molecular weight is 381 g/mol. The van der Waals surface area contributed by atoms with E-state index in [9.17, 15) is 14.4 Å². The Morgan fingerprint density at radius 3 is 2.70 bits per heavy atom. The number of rotatable bonds is 5. The van der Waals surface area contributed by atoms with Crippen LogP contribution in [0.25, 0.3) is 15.9 Å². The Kier molecular flexibility index (Phi) is 4.47. The van der Waals surface area contributed by atoms with E-state index in [1.807, 2.05) is 0 Å². The fourth-order valence-corrected chi connectivity index (χ4v) is 3.56. The fraction of sp³-hybridized carbons (Fsp3) is 0.105. The number of hydrogen-bond acceptors (Lipinski definition) is 5. The summed E-state index contributed by atoms with van der Waals surface area (Å²) in [5.74, 6) is 0.537. The minimum atomic E-state index is -0.491. The Hall–Kier alpha value is -3.39. The van der Waals surface area contributed by atoms with Gasteiger partial charge in [-0.2, -0.15) is 0 Å². The number of fused-ring (bicyclic) bond motifs is 1. The molecule has 0 saturated heterocycles. The second-order valence-corrected chi connectivity index (χ2v) is 6.85. The molecule has 0 atom stereocenters. The smallest absolute Gasteiger partial charge is 0.333 e. The first kappa shape index (κ1) is 17.0. The summed E-state index contributed by atoms with van der Waals surface area (Å²) in [4.78, 5) is 39.5. The van der Waals surface area contributed by atoms with Gasteiger partial charge in [0.25, 0.3) is 5.56 Å². The Morgan fingerprint density at radius 2 is 1.96 bits per heavy atom. The molecule has 3 aromatic heterocycles. The van der Waals surface area contributed by atoms with Crippen LogP contribution < -0.4 is 16.6 Å². The number of thiophene rings is 1. The summed E-state index contributed by atoms with van der Waals surface area (Å²) >= 11 is 1.28. The zero-order valence-electron chi connectivity index (χ0n) is 14.1. The van der Waals surface area contributed by atoms with Gasteiger partial charge in [0.1, 0.15) is 10.5 Å². The second-order valence-electron chi connectivity index (χ2n) is 5.93. The van der Waals surface area contributed by atoms with Gasteiger partial charge in [-0.1, -0.05) is 12.1 Å². The van der Waals surface area contributed by atoms with Crippen molar-refractivity contribution in [2.45, 2.75) is 13.0 Å². The van der Waals surface area contributed by atoms with Crippen LogP contribution >= 0.6 is 11.3 Å². The van der Waals surface area contributed by atoms with Crippen LogP contribution in [0.5, 0.6) is 0 Å². The highest BCUT2D eigenvalue weighted by molar-refractivity contribution is 7.17. The van der Waals surface area contributed by atoms with Gasteiger partial charge < -0.3 is 14.7 Å². The Labute approximate surface area is 156 Å². The molecule has 0 bridgehead atoms. The van der Waals surface area contributed by atoms with Gasteiger partial charge in [0.15, 0.2) is 0 Å². The maximum absolute atomic E-state index is 12.6. The first-order valence-electron chi connectivity index (χ1n) is 8.23. The van der Waals surface area contributed by atoms with E-state index in [1.165, 1.54) is 11.3 Å². The van der Waals surface area contributed by atoms with E-state index in [-0.39, 0.29) is 17.9 Å². The number of hydrogen-bond donors (Lipinski definition) is 2. The van der Waals surface area contributed by atoms with Gasteiger partial charge in [-0.25, -0.2) is 9.36 Å². The lowest BCUT2D eigenvalue weighted by Gasteiger charge is -2.07. The van der Waals surface area contributed by atoms with E-state index in [0.29, 0.717) is 28.2 Å². The van der Waals surface area contributed by atoms with Gasteiger partial charge in [-0.15, -0.1) is 11.3 Å². The number of furan rings is 1. The maximum atomic E-state index is 12.6. The van der Waals surface area contributed by atoms with Crippen LogP contribution in [-0.2, 0) is 17.8 Å². The van der Waals surface area contributed by atoms with Crippen molar-refractivity contribution in [3.63, 3.8) is 0 Å². The summed E-state index contributed by atoms with van der Waals surface area (Å²) in [5.41, 5.74) is 0.923. The molecular formula is C19H15N3O4S. The third-order valence-electron chi connectivity index (χ3n) is 4.11. The molecule has 0 fully saturated rings. The number of benzene rings is 1. The lowest BCUT2D eigenvalue weighted by atomic mass is 10.1. The van der Waals surface area contributed by atoms with E-state index in [2.05, 4.69) is 10.3 Å². The number of carbonyl (C=O) groups excluding carboxylic acids is 1.